The molecule has 3 nitrogen and oxygen atoms in total. The number of benzene rings is 1. The van der Waals surface area contributed by atoms with Gasteiger partial charge in [-0.2, -0.15) is 4.39 Å². The molecule has 0 fully saturated rings. The van der Waals surface area contributed by atoms with Crippen molar-refractivity contribution >= 4 is 0 Å². The van der Waals surface area contributed by atoms with Crippen molar-refractivity contribution in [2.45, 2.75) is 13.2 Å². The number of ether oxygens (including phenoxy) is 1. The molecule has 0 saturated heterocycles. The molecule has 0 atom stereocenters. The summed E-state index contributed by atoms with van der Waals surface area (Å²) in [5.41, 5.74) is 0. The van der Waals surface area contributed by atoms with Crippen molar-refractivity contribution in [1.82, 2.24) is 5.32 Å². The average Bonchev–Trinajstić information content (AvgIpc) is 2.79. The van der Waals surface area contributed by atoms with E-state index in [2.05, 4.69) is 5.32 Å². The lowest BCUT2D eigenvalue weighted by atomic mass is 10.3. The second-order valence-corrected chi connectivity index (χ2v) is 3.74. The molecule has 0 spiro atoms. The Morgan fingerprint density at radius 3 is 2.72 bits per heavy atom. The molecule has 2 aromatic rings. The van der Waals surface area contributed by atoms with Crippen molar-refractivity contribution in [1.29, 1.82) is 0 Å². The van der Waals surface area contributed by atoms with E-state index in [0.29, 0.717) is 12.3 Å². The Morgan fingerprint density at radius 2 is 1.94 bits per heavy atom. The molecule has 0 aliphatic rings. The Hall–Kier alpha value is -1.88. The van der Waals surface area contributed by atoms with Gasteiger partial charge in [0.1, 0.15) is 18.1 Å². The van der Waals surface area contributed by atoms with E-state index < -0.39 is 11.6 Å². The van der Waals surface area contributed by atoms with Crippen molar-refractivity contribution in [3.05, 3.63) is 53.5 Å². The Morgan fingerprint density at radius 1 is 1.17 bits per heavy atom. The van der Waals surface area contributed by atoms with Crippen molar-refractivity contribution in [3.8, 4) is 5.75 Å². The molecule has 5 heteroatoms. The lowest BCUT2D eigenvalue weighted by Gasteiger charge is -2.05. The highest BCUT2D eigenvalue weighted by atomic mass is 19.2. The monoisotopic (exact) mass is 253 g/mol. The zero-order chi connectivity index (χ0) is 13.0. The van der Waals surface area contributed by atoms with Crippen LogP contribution in [0, 0.1) is 11.6 Å². The molecule has 96 valence electrons. The first-order chi connectivity index (χ1) is 8.70. The molecule has 0 amide bonds. The van der Waals surface area contributed by atoms with Crippen LogP contribution in [0.4, 0.5) is 8.78 Å². The summed E-state index contributed by atoms with van der Waals surface area (Å²) in [4.78, 5) is 0. The van der Waals surface area contributed by atoms with Crippen molar-refractivity contribution in [2.75, 3.05) is 7.05 Å². The summed E-state index contributed by atoms with van der Waals surface area (Å²) in [6.07, 6.45) is 0. The lowest BCUT2D eigenvalue weighted by Crippen LogP contribution is -2.03. The third kappa shape index (κ3) is 2.87. The van der Waals surface area contributed by atoms with E-state index in [0.717, 1.165) is 11.8 Å². The number of furan rings is 1. The van der Waals surface area contributed by atoms with Gasteiger partial charge in [-0.25, -0.2) is 4.39 Å². The average molecular weight is 253 g/mol. The first kappa shape index (κ1) is 12.6. The van der Waals surface area contributed by atoms with Crippen LogP contribution in [0.3, 0.4) is 0 Å². The maximum absolute atomic E-state index is 13.3. The zero-order valence-corrected chi connectivity index (χ0v) is 9.87. The standard InChI is InChI=1S/C13H13F2NO2/c1-16-7-9-5-6-10(18-9)8-17-12-4-2-3-11(14)13(12)15/h2-6,16H,7-8H2,1H3. The summed E-state index contributed by atoms with van der Waals surface area (Å²) >= 11 is 0. The van der Waals surface area contributed by atoms with Crippen molar-refractivity contribution in [3.63, 3.8) is 0 Å². The summed E-state index contributed by atoms with van der Waals surface area (Å²) in [7, 11) is 1.81. The molecule has 1 heterocycles. The predicted octanol–water partition coefficient (Wildman–Crippen LogP) is 2.86. The molecular formula is C13H13F2NO2. The Bertz CT molecular complexity index is 525. The first-order valence-electron chi connectivity index (χ1n) is 5.49. The summed E-state index contributed by atoms with van der Waals surface area (Å²) in [5.74, 6) is -0.719. The third-order valence-electron chi connectivity index (χ3n) is 2.35. The van der Waals surface area contributed by atoms with Crippen LogP contribution in [0.25, 0.3) is 0 Å². The van der Waals surface area contributed by atoms with E-state index >= 15 is 0 Å². The van der Waals surface area contributed by atoms with E-state index in [4.69, 9.17) is 9.15 Å². The molecule has 2 rings (SSSR count). The fourth-order valence-corrected chi connectivity index (χ4v) is 1.51. The molecule has 0 aliphatic heterocycles. The molecular weight excluding hydrogens is 240 g/mol. The predicted molar refractivity (Wildman–Crippen MR) is 62.2 cm³/mol. The maximum atomic E-state index is 13.3. The van der Waals surface area contributed by atoms with Gasteiger partial charge in [-0.3, -0.25) is 0 Å². The topological polar surface area (TPSA) is 34.4 Å². The smallest absolute Gasteiger partial charge is 0.200 e. The van der Waals surface area contributed by atoms with Gasteiger partial charge in [0, 0.05) is 0 Å². The lowest BCUT2D eigenvalue weighted by molar-refractivity contribution is 0.251. The summed E-state index contributed by atoms with van der Waals surface area (Å²) < 4.78 is 36.8. The van der Waals surface area contributed by atoms with Gasteiger partial charge in [0.2, 0.25) is 5.82 Å². The molecule has 1 aromatic heterocycles. The van der Waals surface area contributed by atoms with E-state index in [-0.39, 0.29) is 12.4 Å². The van der Waals surface area contributed by atoms with Crippen molar-refractivity contribution in [2.24, 2.45) is 0 Å². The third-order valence-corrected chi connectivity index (χ3v) is 2.35. The van der Waals surface area contributed by atoms with Gasteiger partial charge in [0.05, 0.1) is 6.54 Å². The molecule has 0 radical (unpaired) electrons. The summed E-state index contributed by atoms with van der Waals surface area (Å²) in [6.45, 7) is 0.665. The van der Waals surface area contributed by atoms with Crippen LogP contribution in [0.15, 0.2) is 34.7 Å². The van der Waals surface area contributed by atoms with Crippen LogP contribution < -0.4 is 10.1 Å². The first-order valence-corrected chi connectivity index (χ1v) is 5.49. The van der Waals surface area contributed by atoms with Gasteiger partial charge < -0.3 is 14.5 Å². The summed E-state index contributed by atoms with van der Waals surface area (Å²) in [5, 5.41) is 2.94. The molecule has 0 bridgehead atoms. The summed E-state index contributed by atoms with van der Waals surface area (Å²) in [6, 6.07) is 7.35. The molecule has 0 unspecified atom stereocenters. The van der Waals surface area contributed by atoms with Crippen LogP contribution in [-0.2, 0) is 13.2 Å². The van der Waals surface area contributed by atoms with Crippen LogP contribution in [0.1, 0.15) is 11.5 Å². The fourth-order valence-electron chi connectivity index (χ4n) is 1.51. The SMILES string of the molecule is CNCc1ccc(COc2cccc(F)c2F)o1. The van der Waals surface area contributed by atoms with Gasteiger partial charge >= 0.3 is 0 Å². The number of halogens is 2. The van der Waals surface area contributed by atoms with Crippen LogP contribution in [-0.4, -0.2) is 7.05 Å². The van der Waals surface area contributed by atoms with Gasteiger partial charge in [0.15, 0.2) is 11.6 Å². The van der Waals surface area contributed by atoms with E-state index in [1.165, 1.54) is 12.1 Å². The number of hydrogen-bond donors (Lipinski definition) is 1. The minimum Gasteiger partial charge on any atom is -0.482 e. The van der Waals surface area contributed by atoms with E-state index in [1.54, 1.807) is 19.2 Å². The number of rotatable bonds is 5. The van der Waals surface area contributed by atoms with Crippen LogP contribution >= 0.6 is 0 Å². The van der Waals surface area contributed by atoms with Crippen LogP contribution in [0.2, 0.25) is 0 Å². The van der Waals surface area contributed by atoms with E-state index in [9.17, 15) is 8.78 Å². The second-order valence-electron chi connectivity index (χ2n) is 3.74. The Labute approximate surface area is 103 Å². The maximum Gasteiger partial charge on any atom is 0.200 e. The fraction of sp³-hybridized carbons (Fsp3) is 0.231. The Kier molecular flexibility index (Phi) is 3.94. The van der Waals surface area contributed by atoms with Crippen molar-refractivity contribution < 1.29 is 17.9 Å². The normalized spacial score (nSPS) is 10.6. The molecule has 1 N–H and O–H groups in total. The molecule has 1 aromatic carbocycles. The molecule has 0 saturated carbocycles. The highest BCUT2D eigenvalue weighted by Crippen LogP contribution is 2.20. The van der Waals surface area contributed by atoms with Gasteiger partial charge in [0.25, 0.3) is 0 Å². The van der Waals surface area contributed by atoms with Crippen LogP contribution in [0.5, 0.6) is 5.75 Å². The van der Waals surface area contributed by atoms with E-state index in [1.807, 2.05) is 0 Å². The highest BCUT2D eigenvalue weighted by molar-refractivity contribution is 5.25. The largest absolute Gasteiger partial charge is 0.482 e. The molecule has 18 heavy (non-hydrogen) atoms. The molecule has 0 aliphatic carbocycles. The quantitative estimate of drug-likeness (QED) is 0.889. The Balaban J connectivity index is 2.00. The number of nitrogens with one attached hydrogen (secondary N) is 1. The number of hydrogen-bond acceptors (Lipinski definition) is 3. The second kappa shape index (κ2) is 5.64. The minimum absolute atomic E-state index is 0.0596. The zero-order valence-electron chi connectivity index (χ0n) is 9.87. The van der Waals surface area contributed by atoms with Gasteiger partial charge in [-0.1, -0.05) is 6.07 Å². The highest BCUT2D eigenvalue weighted by Gasteiger charge is 2.09. The van der Waals surface area contributed by atoms with Gasteiger partial charge in [-0.05, 0) is 31.3 Å². The van der Waals surface area contributed by atoms with Gasteiger partial charge in [-0.15, -0.1) is 0 Å². The minimum atomic E-state index is -0.987.